The highest BCUT2D eigenvalue weighted by Gasteiger charge is 2.19. The molecule has 182 valence electrons. The van der Waals surface area contributed by atoms with Crippen LogP contribution in [0.1, 0.15) is 15.9 Å². The Balaban J connectivity index is 1.52. The third kappa shape index (κ3) is 7.18. The van der Waals surface area contributed by atoms with E-state index in [1.54, 1.807) is 54.6 Å². The first-order valence-electron chi connectivity index (χ1n) is 10.8. The van der Waals surface area contributed by atoms with Gasteiger partial charge in [-0.3, -0.25) is 19.6 Å². The van der Waals surface area contributed by atoms with Crippen molar-refractivity contribution < 1.29 is 24.0 Å². The predicted octanol–water partition coefficient (Wildman–Crippen LogP) is 1.78. The molecule has 9 nitrogen and oxygen atoms in total. The van der Waals surface area contributed by atoms with Gasteiger partial charge in [-0.25, -0.2) is 9.87 Å². The maximum Gasteiger partial charge on any atom is 0.267 e. The van der Waals surface area contributed by atoms with Gasteiger partial charge in [0, 0.05) is 29.9 Å². The molecule has 0 radical (unpaired) electrons. The number of anilines is 1. The molecule has 7 N–H and O–H groups in total. The van der Waals surface area contributed by atoms with Crippen LogP contribution in [-0.2, 0) is 16.1 Å². The average molecular weight is 480 g/mol. The van der Waals surface area contributed by atoms with Gasteiger partial charge >= 0.3 is 0 Å². The number of hydrogen-bond acceptors (Lipinski definition) is 6. The second kappa shape index (κ2) is 12.4. The molecule has 0 aliphatic carbocycles. The zero-order chi connectivity index (χ0) is 25.2. The molecule has 10 heteroatoms. The minimum Gasteiger partial charge on any atom is -0.339 e. The first-order valence-corrected chi connectivity index (χ1v) is 10.8. The van der Waals surface area contributed by atoms with E-state index in [0.29, 0.717) is 16.8 Å². The van der Waals surface area contributed by atoms with E-state index in [9.17, 15) is 18.8 Å². The van der Waals surface area contributed by atoms with Gasteiger partial charge in [0.15, 0.2) is 0 Å². The highest BCUT2D eigenvalue weighted by atomic mass is 19.1. The van der Waals surface area contributed by atoms with Gasteiger partial charge in [0.1, 0.15) is 11.9 Å². The molecule has 35 heavy (non-hydrogen) atoms. The number of carbonyl (C=O) groups excluding carboxylic acids is 3. The molecule has 0 aliphatic heterocycles. The summed E-state index contributed by atoms with van der Waals surface area (Å²) in [6.07, 6.45) is 0. The number of hydrogen-bond donors (Lipinski definition) is 6. The molecular formula is C25H26FN5O4. The van der Waals surface area contributed by atoms with E-state index >= 15 is 0 Å². The minimum absolute atomic E-state index is 0.0323. The minimum atomic E-state index is -1.05. The van der Waals surface area contributed by atoms with Gasteiger partial charge in [-0.2, -0.15) is 0 Å². The predicted molar refractivity (Wildman–Crippen MR) is 129 cm³/mol. The van der Waals surface area contributed by atoms with Crippen LogP contribution in [0.15, 0.2) is 72.8 Å². The fourth-order valence-electron chi connectivity index (χ4n) is 3.27. The van der Waals surface area contributed by atoms with Crippen molar-refractivity contribution in [3.05, 3.63) is 89.7 Å². The average Bonchev–Trinajstić information content (AvgIpc) is 2.88. The molecule has 3 amide bonds. The Kier molecular flexibility index (Phi) is 9.02. The van der Waals surface area contributed by atoms with Crippen LogP contribution in [0.4, 0.5) is 10.1 Å². The summed E-state index contributed by atoms with van der Waals surface area (Å²) in [5.74, 6) is -1.88. The van der Waals surface area contributed by atoms with Crippen LogP contribution in [0.3, 0.4) is 0 Å². The summed E-state index contributed by atoms with van der Waals surface area (Å²) in [6, 6.07) is 19.2. The summed E-state index contributed by atoms with van der Waals surface area (Å²) in [7, 11) is 0. The SMILES string of the molecule is NC[C@H](NC(=O)c1ccc(-c2ccc(NC(=O)CNCc3ccccc3F)cc2)cc1)C(=O)NO. The van der Waals surface area contributed by atoms with E-state index in [0.717, 1.165) is 11.1 Å². The molecular weight excluding hydrogens is 453 g/mol. The van der Waals surface area contributed by atoms with Crippen molar-refractivity contribution in [1.82, 2.24) is 16.1 Å². The van der Waals surface area contributed by atoms with Gasteiger partial charge in [0.25, 0.3) is 11.8 Å². The summed E-state index contributed by atoms with van der Waals surface area (Å²) in [5.41, 5.74) is 10.0. The van der Waals surface area contributed by atoms with Crippen molar-refractivity contribution >= 4 is 23.4 Å². The highest BCUT2D eigenvalue weighted by molar-refractivity contribution is 5.98. The van der Waals surface area contributed by atoms with Crippen molar-refractivity contribution in [2.45, 2.75) is 12.6 Å². The van der Waals surface area contributed by atoms with Crippen molar-refractivity contribution in [2.75, 3.05) is 18.4 Å². The smallest absolute Gasteiger partial charge is 0.267 e. The zero-order valence-corrected chi connectivity index (χ0v) is 18.8. The molecule has 0 saturated heterocycles. The van der Waals surface area contributed by atoms with E-state index in [2.05, 4.69) is 16.0 Å². The molecule has 0 heterocycles. The molecule has 0 unspecified atom stereocenters. The third-order valence-electron chi connectivity index (χ3n) is 5.18. The normalized spacial score (nSPS) is 11.4. The van der Waals surface area contributed by atoms with E-state index in [-0.39, 0.29) is 31.4 Å². The Bertz CT molecular complexity index is 1170. The maximum atomic E-state index is 13.6. The lowest BCUT2D eigenvalue weighted by molar-refractivity contribution is -0.130. The first kappa shape index (κ1) is 25.5. The van der Waals surface area contributed by atoms with Crippen LogP contribution in [0.2, 0.25) is 0 Å². The van der Waals surface area contributed by atoms with E-state index < -0.39 is 17.9 Å². The van der Waals surface area contributed by atoms with Crippen LogP contribution in [0.5, 0.6) is 0 Å². The molecule has 0 fully saturated rings. The number of rotatable bonds is 10. The van der Waals surface area contributed by atoms with Gasteiger partial charge in [0.2, 0.25) is 5.91 Å². The standard InChI is InChI=1S/C25H26FN5O4/c26-21-4-2-1-3-19(21)14-28-15-23(32)29-20-11-9-17(10-12-20)16-5-7-18(8-6-16)24(33)30-22(13-27)25(34)31-35/h1-12,22,28,35H,13-15,27H2,(H,29,32)(H,30,33)(H,31,34)/t22-/m0/s1. The van der Waals surface area contributed by atoms with Crippen molar-refractivity contribution in [2.24, 2.45) is 5.73 Å². The molecule has 0 bridgehead atoms. The lowest BCUT2D eigenvalue weighted by Gasteiger charge is -2.14. The van der Waals surface area contributed by atoms with Crippen molar-refractivity contribution in [3.8, 4) is 11.1 Å². The number of hydroxylamine groups is 1. The van der Waals surface area contributed by atoms with Crippen molar-refractivity contribution in [3.63, 3.8) is 0 Å². The van der Waals surface area contributed by atoms with E-state index in [1.807, 2.05) is 12.1 Å². The number of nitrogens with two attached hydrogens (primary N) is 1. The van der Waals surface area contributed by atoms with E-state index in [1.165, 1.54) is 11.5 Å². The van der Waals surface area contributed by atoms with Crippen LogP contribution in [-0.4, -0.2) is 42.1 Å². The van der Waals surface area contributed by atoms with Gasteiger partial charge in [-0.15, -0.1) is 0 Å². The number of benzene rings is 3. The molecule has 1 atom stereocenters. The number of carbonyl (C=O) groups is 3. The summed E-state index contributed by atoms with van der Waals surface area (Å²) in [6.45, 7) is 0.111. The second-order valence-electron chi connectivity index (χ2n) is 7.64. The molecule has 0 spiro atoms. The molecule has 3 aromatic carbocycles. The Morgan fingerprint density at radius 3 is 2.14 bits per heavy atom. The fourth-order valence-corrected chi connectivity index (χ4v) is 3.27. The number of amides is 3. The number of halogens is 1. The topological polar surface area (TPSA) is 146 Å². The summed E-state index contributed by atoms with van der Waals surface area (Å²) in [5, 5.41) is 16.8. The Morgan fingerprint density at radius 2 is 1.54 bits per heavy atom. The fraction of sp³-hybridized carbons (Fsp3) is 0.160. The largest absolute Gasteiger partial charge is 0.339 e. The molecule has 3 aromatic rings. The van der Waals surface area contributed by atoms with Crippen molar-refractivity contribution in [1.29, 1.82) is 0 Å². The van der Waals surface area contributed by atoms with Crippen LogP contribution in [0.25, 0.3) is 11.1 Å². The van der Waals surface area contributed by atoms with Crippen LogP contribution in [0, 0.1) is 5.82 Å². The summed E-state index contributed by atoms with van der Waals surface area (Å²) < 4.78 is 13.6. The van der Waals surface area contributed by atoms with E-state index in [4.69, 9.17) is 10.9 Å². The molecule has 0 aliphatic rings. The highest BCUT2D eigenvalue weighted by Crippen LogP contribution is 2.22. The molecule has 0 saturated carbocycles. The zero-order valence-electron chi connectivity index (χ0n) is 18.8. The van der Waals surface area contributed by atoms with Crippen LogP contribution < -0.4 is 27.2 Å². The second-order valence-corrected chi connectivity index (χ2v) is 7.64. The summed E-state index contributed by atoms with van der Waals surface area (Å²) >= 11 is 0. The summed E-state index contributed by atoms with van der Waals surface area (Å²) in [4.78, 5) is 35.9. The molecule has 0 aromatic heterocycles. The Labute approximate surface area is 201 Å². The first-order chi connectivity index (χ1) is 16.9. The third-order valence-corrected chi connectivity index (χ3v) is 5.18. The van der Waals surface area contributed by atoms with Gasteiger partial charge in [-0.05, 0) is 41.5 Å². The lowest BCUT2D eigenvalue weighted by Crippen LogP contribution is -2.50. The quantitative estimate of drug-likeness (QED) is 0.193. The Morgan fingerprint density at radius 1 is 0.914 bits per heavy atom. The number of nitrogens with one attached hydrogen (secondary N) is 4. The molecule has 3 rings (SSSR count). The maximum absolute atomic E-state index is 13.6. The van der Waals surface area contributed by atoms with Gasteiger partial charge in [0.05, 0.1) is 6.54 Å². The Hall–Kier alpha value is -4.12. The lowest BCUT2D eigenvalue weighted by atomic mass is 10.0. The van der Waals surface area contributed by atoms with Gasteiger partial charge in [-0.1, -0.05) is 42.5 Å². The van der Waals surface area contributed by atoms with Gasteiger partial charge < -0.3 is 21.7 Å². The van der Waals surface area contributed by atoms with Crippen LogP contribution >= 0.6 is 0 Å². The monoisotopic (exact) mass is 479 g/mol.